The molecule has 1 heterocycles. The first-order valence-corrected chi connectivity index (χ1v) is 8.83. The Hall–Kier alpha value is -1.86. The van der Waals surface area contributed by atoms with Crippen LogP contribution in [0.3, 0.4) is 0 Å². The summed E-state index contributed by atoms with van der Waals surface area (Å²) in [6, 6.07) is 7.47. The second kappa shape index (κ2) is 8.84. The number of hydrogen-bond donors (Lipinski definition) is 0. The molecule has 1 aliphatic rings. The van der Waals surface area contributed by atoms with Crippen LogP contribution in [-0.4, -0.2) is 34.8 Å². The van der Waals surface area contributed by atoms with Gasteiger partial charge < -0.3 is 14.6 Å². The van der Waals surface area contributed by atoms with Crippen molar-refractivity contribution in [2.45, 2.75) is 25.7 Å². The molecule has 0 spiro atoms. The molecule has 0 N–H and O–H groups in total. The van der Waals surface area contributed by atoms with Gasteiger partial charge >= 0.3 is 0 Å². The van der Waals surface area contributed by atoms with Gasteiger partial charge in [0.1, 0.15) is 10.1 Å². The number of aliphatic carboxylic acids is 1. The molecule has 24 heavy (non-hydrogen) atoms. The Morgan fingerprint density at radius 1 is 1.33 bits per heavy atom. The van der Waals surface area contributed by atoms with Crippen LogP contribution < -0.4 is 9.84 Å². The minimum absolute atomic E-state index is 0.0477. The second-order valence-electron chi connectivity index (χ2n) is 5.26. The fraction of sp³-hybridized carbons (Fsp3) is 0.353. The van der Waals surface area contributed by atoms with Crippen LogP contribution in [0.25, 0.3) is 6.08 Å². The van der Waals surface area contributed by atoms with Gasteiger partial charge in [-0.05, 0) is 31.4 Å². The van der Waals surface area contributed by atoms with Crippen LogP contribution in [0.2, 0.25) is 0 Å². The SMILES string of the molecule is COc1ccccc1/C=C1/SC(=S)N(CCCCCC(=O)[O-])C1=O. The van der Waals surface area contributed by atoms with E-state index in [1.807, 2.05) is 24.3 Å². The summed E-state index contributed by atoms with van der Waals surface area (Å²) in [7, 11) is 1.59. The van der Waals surface area contributed by atoms with E-state index in [9.17, 15) is 14.7 Å². The van der Waals surface area contributed by atoms with Gasteiger partial charge in [0.15, 0.2) is 0 Å². The van der Waals surface area contributed by atoms with Gasteiger partial charge in [-0.25, -0.2) is 0 Å². The van der Waals surface area contributed by atoms with Crippen LogP contribution in [0, 0.1) is 0 Å². The van der Waals surface area contributed by atoms with Crippen LogP contribution in [0.5, 0.6) is 5.75 Å². The number of carboxylic acid groups (broad SMARTS) is 1. The standard InChI is InChI=1S/C17H19NO4S2/c1-22-13-8-5-4-7-12(13)11-14-16(21)18(17(23)24-14)10-6-2-3-9-15(19)20/h4-5,7-8,11H,2-3,6,9-10H2,1H3,(H,19,20)/p-1/b14-11+. The summed E-state index contributed by atoms with van der Waals surface area (Å²) in [4.78, 5) is 25.0. The van der Waals surface area contributed by atoms with E-state index in [2.05, 4.69) is 0 Å². The number of rotatable bonds is 8. The van der Waals surface area contributed by atoms with Gasteiger partial charge in [0.25, 0.3) is 5.91 Å². The van der Waals surface area contributed by atoms with Crippen molar-refractivity contribution >= 4 is 46.3 Å². The molecule has 1 aliphatic heterocycles. The van der Waals surface area contributed by atoms with Gasteiger partial charge in [-0.1, -0.05) is 48.6 Å². The summed E-state index contributed by atoms with van der Waals surface area (Å²) in [6.45, 7) is 0.501. The van der Waals surface area contributed by atoms with E-state index in [1.54, 1.807) is 18.1 Å². The fourth-order valence-electron chi connectivity index (χ4n) is 2.34. The molecule has 0 unspecified atom stereocenters. The van der Waals surface area contributed by atoms with E-state index >= 15 is 0 Å². The van der Waals surface area contributed by atoms with Crippen molar-refractivity contribution < 1.29 is 19.4 Å². The summed E-state index contributed by atoms with van der Waals surface area (Å²) in [5, 5.41) is 10.4. The molecule has 0 saturated carbocycles. The van der Waals surface area contributed by atoms with Crippen LogP contribution in [0.15, 0.2) is 29.2 Å². The minimum atomic E-state index is -1.04. The molecular formula is C17H18NO4S2-. The van der Waals surface area contributed by atoms with Crippen molar-refractivity contribution in [2.75, 3.05) is 13.7 Å². The van der Waals surface area contributed by atoms with Crippen molar-refractivity contribution in [2.24, 2.45) is 0 Å². The molecule has 1 aromatic rings. The van der Waals surface area contributed by atoms with Crippen molar-refractivity contribution in [3.05, 3.63) is 34.7 Å². The van der Waals surface area contributed by atoms with Gasteiger partial charge in [0.2, 0.25) is 0 Å². The van der Waals surface area contributed by atoms with Crippen LogP contribution >= 0.6 is 24.0 Å². The molecule has 0 aliphatic carbocycles. The van der Waals surface area contributed by atoms with E-state index in [-0.39, 0.29) is 12.3 Å². The van der Waals surface area contributed by atoms with Crippen molar-refractivity contribution in [3.63, 3.8) is 0 Å². The highest BCUT2D eigenvalue weighted by molar-refractivity contribution is 8.26. The predicted octanol–water partition coefficient (Wildman–Crippen LogP) is 2.21. The highest BCUT2D eigenvalue weighted by Gasteiger charge is 2.31. The van der Waals surface area contributed by atoms with Crippen molar-refractivity contribution in [3.8, 4) is 5.75 Å². The maximum atomic E-state index is 12.5. The van der Waals surface area contributed by atoms with Crippen LogP contribution in [0.4, 0.5) is 0 Å². The lowest BCUT2D eigenvalue weighted by Crippen LogP contribution is -2.29. The van der Waals surface area contributed by atoms with Gasteiger partial charge in [-0.2, -0.15) is 0 Å². The average Bonchev–Trinajstić information content (AvgIpc) is 2.82. The van der Waals surface area contributed by atoms with Crippen LogP contribution in [-0.2, 0) is 9.59 Å². The first kappa shape index (κ1) is 18.5. The normalized spacial score (nSPS) is 16.0. The fourth-order valence-corrected chi connectivity index (χ4v) is 3.64. The maximum absolute atomic E-state index is 12.5. The molecule has 0 bridgehead atoms. The molecule has 5 nitrogen and oxygen atoms in total. The average molecular weight is 364 g/mol. The summed E-state index contributed by atoms with van der Waals surface area (Å²) in [5.74, 6) is -0.457. The molecule has 2 rings (SSSR count). The third kappa shape index (κ3) is 4.82. The third-order valence-corrected chi connectivity index (χ3v) is 4.94. The third-order valence-electron chi connectivity index (χ3n) is 3.56. The number of carboxylic acids is 1. The largest absolute Gasteiger partial charge is 0.550 e. The summed E-state index contributed by atoms with van der Waals surface area (Å²) >= 11 is 6.56. The number of para-hydroxylation sites is 1. The Kier molecular flexibility index (Phi) is 6.81. The second-order valence-corrected chi connectivity index (χ2v) is 6.93. The molecule has 0 aromatic heterocycles. The number of methoxy groups -OCH3 is 1. The number of carbonyl (C=O) groups excluding carboxylic acids is 2. The minimum Gasteiger partial charge on any atom is -0.550 e. The number of unbranched alkanes of at least 4 members (excludes halogenated alkanes) is 2. The Morgan fingerprint density at radius 3 is 2.79 bits per heavy atom. The Labute approximate surface area is 150 Å². The van der Waals surface area contributed by atoms with E-state index in [0.717, 1.165) is 12.0 Å². The highest BCUT2D eigenvalue weighted by atomic mass is 32.2. The summed E-state index contributed by atoms with van der Waals surface area (Å²) in [5.41, 5.74) is 0.828. The van der Waals surface area contributed by atoms with E-state index < -0.39 is 5.97 Å². The zero-order valence-electron chi connectivity index (χ0n) is 13.3. The lowest BCUT2D eigenvalue weighted by molar-refractivity contribution is -0.305. The van der Waals surface area contributed by atoms with Gasteiger partial charge in [-0.3, -0.25) is 9.69 Å². The zero-order valence-corrected chi connectivity index (χ0v) is 15.0. The topological polar surface area (TPSA) is 69.7 Å². The lowest BCUT2D eigenvalue weighted by atomic mass is 10.1. The van der Waals surface area contributed by atoms with E-state index in [0.29, 0.717) is 34.4 Å². The first-order chi connectivity index (χ1) is 11.5. The highest BCUT2D eigenvalue weighted by Crippen LogP contribution is 2.34. The Balaban J connectivity index is 1.98. The first-order valence-electron chi connectivity index (χ1n) is 7.61. The predicted molar refractivity (Wildman–Crippen MR) is 96.3 cm³/mol. The number of thioether (sulfide) groups is 1. The van der Waals surface area contributed by atoms with Crippen molar-refractivity contribution in [1.29, 1.82) is 0 Å². The quantitative estimate of drug-likeness (QED) is 0.400. The molecule has 0 atom stereocenters. The Bertz CT molecular complexity index is 672. The number of ether oxygens (including phenoxy) is 1. The van der Waals surface area contributed by atoms with Crippen molar-refractivity contribution in [1.82, 2.24) is 4.90 Å². The van der Waals surface area contributed by atoms with Gasteiger partial charge in [0, 0.05) is 18.1 Å². The molecule has 1 fully saturated rings. The zero-order chi connectivity index (χ0) is 17.5. The molecule has 128 valence electrons. The molecule has 7 heteroatoms. The monoisotopic (exact) mass is 364 g/mol. The molecule has 1 saturated heterocycles. The van der Waals surface area contributed by atoms with Gasteiger partial charge in [0.05, 0.1) is 12.0 Å². The summed E-state index contributed by atoms with van der Waals surface area (Å²) in [6.07, 6.45) is 3.81. The molecule has 1 aromatic carbocycles. The number of nitrogens with zero attached hydrogens (tertiary/aromatic N) is 1. The molecule has 1 amide bonds. The number of hydrogen-bond acceptors (Lipinski definition) is 6. The summed E-state index contributed by atoms with van der Waals surface area (Å²) < 4.78 is 5.82. The molecular weight excluding hydrogens is 346 g/mol. The Morgan fingerprint density at radius 2 is 2.08 bits per heavy atom. The van der Waals surface area contributed by atoms with Crippen LogP contribution in [0.1, 0.15) is 31.2 Å². The smallest absolute Gasteiger partial charge is 0.266 e. The number of amides is 1. The lowest BCUT2D eigenvalue weighted by Gasteiger charge is -2.14. The van der Waals surface area contributed by atoms with E-state index in [1.165, 1.54) is 11.8 Å². The number of benzene rings is 1. The van der Waals surface area contributed by atoms with E-state index in [4.69, 9.17) is 17.0 Å². The maximum Gasteiger partial charge on any atom is 0.266 e. The number of thiocarbonyl (C=S) groups is 1. The number of carbonyl (C=O) groups is 2. The molecule has 0 radical (unpaired) electrons. The van der Waals surface area contributed by atoms with Gasteiger partial charge in [-0.15, -0.1) is 0 Å².